The Labute approximate surface area is 149 Å². The molecule has 0 aromatic carbocycles. The van der Waals surface area contributed by atoms with Crippen molar-refractivity contribution in [3.05, 3.63) is 12.0 Å². The van der Waals surface area contributed by atoms with E-state index < -0.39 is 8.07 Å². The van der Waals surface area contributed by atoms with E-state index in [4.69, 9.17) is 14.7 Å². The van der Waals surface area contributed by atoms with Gasteiger partial charge in [0.2, 0.25) is 5.82 Å². The molecule has 0 aliphatic carbocycles. The Morgan fingerprint density at radius 1 is 1.20 bits per heavy atom. The van der Waals surface area contributed by atoms with Crippen LogP contribution in [0.3, 0.4) is 0 Å². The van der Waals surface area contributed by atoms with E-state index in [1.54, 1.807) is 0 Å². The van der Waals surface area contributed by atoms with Crippen molar-refractivity contribution in [1.82, 2.24) is 19.7 Å². The van der Waals surface area contributed by atoms with Gasteiger partial charge in [0, 0.05) is 31.5 Å². The van der Waals surface area contributed by atoms with E-state index in [9.17, 15) is 0 Å². The second kappa shape index (κ2) is 6.11. The number of hydrogen-bond acceptors (Lipinski definition) is 5. The van der Waals surface area contributed by atoms with Crippen molar-refractivity contribution in [2.45, 2.75) is 33.1 Å². The largest absolute Gasteiger partial charge is 0.381 e. The van der Waals surface area contributed by atoms with Crippen LogP contribution in [-0.2, 0) is 11.3 Å². The summed E-state index contributed by atoms with van der Waals surface area (Å²) in [7, 11) is -1.47. The van der Waals surface area contributed by atoms with Crippen LogP contribution in [0.2, 0.25) is 19.6 Å². The molecule has 2 aromatic rings. The van der Waals surface area contributed by atoms with Gasteiger partial charge in [-0.25, -0.2) is 14.6 Å². The number of aryl methyl sites for hydroxylation is 1. The molecule has 0 unspecified atom stereocenters. The van der Waals surface area contributed by atoms with Crippen molar-refractivity contribution in [3.8, 4) is 11.5 Å². The molecule has 4 rings (SSSR count). The quantitative estimate of drug-likeness (QED) is 0.610. The van der Waals surface area contributed by atoms with Crippen LogP contribution in [0.15, 0.2) is 6.20 Å². The number of hydrogen-bond donors (Lipinski definition) is 0. The molecule has 0 N–H and O–H groups in total. The molecule has 0 radical (unpaired) electrons. The Morgan fingerprint density at radius 2 is 1.92 bits per heavy atom. The lowest BCUT2D eigenvalue weighted by atomic mass is 10.0. The van der Waals surface area contributed by atoms with E-state index >= 15 is 0 Å². The summed E-state index contributed by atoms with van der Waals surface area (Å²) in [5.74, 6) is 6.06. The molecule has 4 heterocycles. The zero-order chi connectivity index (χ0) is 17.6. The Bertz CT molecular complexity index is 848. The van der Waals surface area contributed by atoms with E-state index in [2.05, 4.69) is 48.0 Å². The van der Waals surface area contributed by atoms with E-state index in [0.717, 1.165) is 49.7 Å². The van der Waals surface area contributed by atoms with Gasteiger partial charge in [0.1, 0.15) is 13.9 Å². The summed E-state index contributed by atoms with van der Waals surface area (Å²) in [6.45, 7) is 13.3. The molecule has 25 heavy (non-hydrogen) atoms. The fourth-order valence-corrected chi connectivity index (χ4v) is 4.06. The van der Waals surface area contributed by atoms with E-state index in [-0.39, 0.29) is 0 Å². The molecular formula is C18H25N5OSi. The van der Waals surface area contributed by atoms with Crippen LogP contribution >= 0.6 is 0 Å². The summed E-state index contributed by atoms with van der Waals surface area (Å²) < 4.78 is 7.54. The maximum atomic E-state index is 5.61. The third kappa shape index (κ3) is 3.16. The van der Waals surface area contributed by atoms with Crippen LogP contribution in [-0.4, -0.2) is 54.1 Å². The minimum atomic E-state index is -1.47. The van der Waals surface area contributed by atoms with Crippen LogP contribution in [0, 0.1) is 23.3 Å². The summed E-state index contributed by atoms with van der Waals surface area (Å²) in [5, 5.41) is 5.52. The van der Waals surface area contributed by atoms with E-state index in [0.29, 0.717) is 17.7 Å². The van der Waals surface area contributed by atoms with Crippen LogP contribution in [0.4, 0.5) is 5.82 Å². The van der Waals surface area contributed by atoms with Crippen LogP contribution in [0.1, 0.15) is 12.7 Å². The number of aromatic nitrogens is 4. The number of nitrogens with zero attached hydrogens (tertiary/aromatic N) is 5. The van der Waals surface area contributed by atoms with Gasteiger partial charge in [0.25, 0.3) is 0 Å². The van der Waals surface area contributed by atoms with Crippen LogP contribution in [0.25, 0.3) is 11.0 Å². The fourth-order valence-electron chi connectivity index (χ4n) is 3.57. The first-order chi connectivity index (χ1) is 11.9. The lowest BCUT2D eigenvalue weighted by Crippen LogP contribution is -2.24. The van der Waals surface area contributed by atoms with Crippen molar-refractivity contribution in [2.75, 3.05) is 31.2 Å². The first-order valence-corrected chi connectivity index (χ1v) is 12.5. The third-order valence-electron chi connectivity index (χ3n) is 4.86. The van der Waals surface area contributed by atoms with Crippen molar-refractivity contribution >= 4 is 24.9 Å². The number of anilines is 1. The molecule has 7 heteroatoms. The number of ether oxygens (including phenoxy) is 1. The molecule has 0 spiro atoms. The molecule has 2 aliphatic heterocycles. The summed E-state index contributed by atoms with van der Waals surface area (Å²) >= 11 is 0. The molecule has 6 nitrogen and oxygen atoms in total. The van der Waals surface area contributed by atoms with Gasteiger partial charge in [-0.05, 0) is 12.8 Å². The first kappa shape index (κ1) is 16.5. The average Bonchev–Trinajstić information content (AvgIpc) is 3.25. The van der Waals surface area contributed by atoms with Crippen LogP contribution < -0.4 is 4.90 Å². The molecule has 2 fully saturated rings. The normalized spacial score (nSPS) is 23.0. The highest BCUT2D eigenvalue weighted by atomic mass is 28.3. The standard InChI is InChI=1S/C18H25N5OSi/c1-5-23-18-15(8-19-23)17(20-16(21-18)6-7-25(2,3)4)22-9-13-11-24-12-14(13)10-22/h8,13-14H,5,9-12H2,1-4H3/t13-,14+. The maximum Gasteiger partial charge on any atom is 0.208 e. The van der Waals surface area contributed by atoms with Gasteiger partial charge < -0.3 is 9.64 Å². The van der Waals surface area contributed by atoms with Gasteiger partial charge in [0.05, 0.1) is 24.8 Å². The Kier molecular flexibility index (Phi) is 4.05. The molecule has 2 atom stereocenters. The van der Waals surface area contributed by atoms with Gasteiger partial charge in [-0.3, -0.25) is 0 Å². The maximum absolute atomic E-state index is 5.61. The summed E-state index contributed by atoms with van der Waals surface area (Å²) in [5.41, 5.74) is 4.28. The smallest absolute Gasteiger partial charge is 0.208 e. The van der Waals surface area contributed by atoms with E-state index in [1.165, 1.54) is 0 Å². The highest BCUT2D eigenvalue weighted by molar-refractivity contribution is 6.83. The van der Waals surface area contributed by atoms with Crippen molar-refractivity contribution < 1.29 is 4.74 Å². The zero-order valence-corrected chi connectivity index (χ0v) is 16.4. The van der Waals surface area contributed by atoms with Gasteiger partial charge in [-0.1, -0.05) is 19.6 Å². The molecule has 2 aliphatic rings. The number of fused-ring (bicyclic) bond motifs is 2. The molecule has 0 saturated carbocycles. The van der Waals surface area contributed by atoms with Gasteiger partial charge in [-0.15, -0.1) is 5.54 Å². The minimum Gasteiger partial charge on any atom is -0.381 e. The van der Waals surface area contributed by atoms with E-state index in [1.807, 2.05) is 10.9 Å². The topological polar surface area (TPSA) is 56.1 Å². The Morgan fingerprint density at radius 3 is 2.56 bits per heavy atom. The highest BCUT2D eigenvalue weighted by Gasteiger charge is 2.38. The second-order valence-electron chi connectivity index (χ2n) is 8.03. The minimum absolute atomic E-state index is 0.614. The lowest BCUT2D eigenvalue weighted by molar-refractivity contribution is 0.177. The predicted molar refractivity (Wildman–Crippen MR) is 101 cm³/mol. The molecular weight excluding hydrogens is 330 g/mol. The zero-order valence-electron chi connectivity index (χ0n) is 15.4. The SMILES string of the molecule is CCn1ncc2c(N3C[C@H]4COC[C@H]4C3)nc(C#C[Si](C)(C)C)nc21. The summed E-state index contributed by atoms with van der Waals surface area (Å²) in [4.78, 5) is 11.9. The molecule has 132 valence electrons. The Balaban J connectivity index is 1.78. The second-order valence-corrected chi connectivity index (χ2v) is 12.8. The lowest BCUT2D eigenvalue weighted by Gasteiger charge is -2.19. The molecule has 2 aromatic heterocycles. The van der Waals surface area contributed by atoms with Crippen molar-refractivity contribution in [1.29, 1.82) is 0 Å². The number of rotatable bonds is 2. The third-order valence-corrected chi connectivity index (χ3v) is 5.74. The average molecular weight is 356 g/mol. The molecule has 0 bridgehead atoms. The van der Waals surface area contributed by atoms with Crippen LogP contribution in [0.5, 0.6) is 0 Å². The Hall–Kier alpha value is -1.91. The summed E-state index contributed by atoms with van der Waals surface area (Å²) in [6.07, 6.45) is 1.90. The summed E-state index contributed by atoms with van der Waals surface area (Å²) in [6, 6.07) is 0. The fraction of sp³-hybridized carbons (Fsp3) is 0.611. The molecule has 0 amide bonds. The first-order valence-electron chi connectivity index (χ1n) is 9.04. The van der Waals surface area contributed by atoms with Crippen molar-refractivity contribution in [3.63, 3.8) is 0 Å². The highest BCUT2D eigenvalue weighted by Crippen LogP contribution is 2.34. The van der Waals surface area contributed by atoms with Gasteiger partial charge >= 0.3 is 0 Å². The van der Waals surface area contributed by atoms with Gasteiger partial charge in [0.15, 0.2) is 5.65 Å². The molecule has 2 saturated heterocycles. The van der Waals surface area contributed by atoms with Crippen molar-refractivity contribution in [2.24, 2.45) is 11.8 Å². The van der Waals surface area contributed by atoms with Gasteiger partial charge in [-0.2, -0.15) is 5.10 Å². The monoisotopic (exact) mass is 355 g/mol. The predicted octanol–water partition coefficient (Wildman–Crippen LogP) is 2.16.